The fraction of sp³-hybridized carbons (Fsp3) is 0.276. The number of furan rings is 1. The molecule has 0 amide bonds. The van der Waals surface area contributed by atoms with Crippen LogP contribution in [0.15, 0.2) is 132 Å². The molecule has 64 heavy (non-hydrogen) atoms. The minimum absolute atomic E-state index is 0. The van der Waals surface area contributed by atoms with Crippen LogP contribution in [0.1, 0.15) is 95.0 Å². The molecule has 0 saturated heterocycles. The van der Waals surface area contributed by atoms with Crippen molar-refractivity contribution in [3.8, 4) is 39.5 Å². The maximum atomic E-state index is 8.79. The van der Waals surface area contributed by atoms with E-state index in [0.717, 1.165) is 49.5 Å². The first-order valence-corrected chi connectivity index (χ1v) is 25.5. The van der Waals surface area contributed by atoms with Crippen LogP contribution in [-0.2, 0) is 26.5 Å². The summed E-state index contributed by atoms with van der Waals surface area (Å²) in [6.45, 7) is 21.3. The smallest absolute Gasteiger partial charge is 0.121 e. The number of nitrogens with zero attached hydrogens (tertiary/aromatic N) is 3. The molecular formula is C58H61IrN3OSi-2. The number of fused-ring (bicyclic) bond motifs is 4. The van der Waals surface area contributed by atoms with Crippen molar-refractivity contribution in [2.75, 3.05) is 0 Å². The predicted molar refractivity (Wildman–Crippen MR) is 270 cm³/mol. The second-order valence-electron chi connectivity index (χ2n) is 19.4. The van der Waals surface area contributed by atoms with Crippen LogP contribution >= 0.6 is 0 Å². The second-order valence-corrected chi connectivity index (χ2v) is 24.4. The number of hydrogen-bond donors (Lipinski definition) is 0. The molecule has 0 saturated carbocycles. The van der Waals surface area contributed by atoms with E-state index in [-0.39, 0.29) is 25.7 Å². The molecule has 0 N–H and O–H groups in total. The van der Waals surface area contributed by atoms with Gasteiger partial charge in [-0.2, -0.15) is 0 Å². The van der Waals surface area contributed by atoms with Gasteiger partial charge in [-0.1, -0.05) is 152 Å². The molecule has 0 aliphatic carbocycles. The minimum Gasteiger partial charge on any atom is -0.501 e. The van der Waals surface area contributed by atoms with E-state index in [1.165, 1.54) is 39.6 Å². The van der Waals surface area contributed by atoms with Gasteiger partial charge in [-0.25, -0.2) is 0 Å². The summed E-state index contributed by atoms with van der Waals surface area (Å²) in [5, 5.41) is 3.20. The molecule has 9 rings (SSSR count). The van der Waals surface area contributed by atoms with Gasteiger partial charge in [0.15, 0.2) is 0 Å². The van der Waals surface area contributed by atoms with E-state index < -0.39 is 26.7 Å². The molecule has 0 unspecified atom stereocenters. The van der Waals surface area contributed by atoms with Crippen LogP contribution in [-0.4, -0.2) is 22.6 Å². The predicted octanol–water partition coefficient (Wildman–Crippen LogP) is 15.6. The molecule has 0 fully saturated rings. The zero-order valence-corrected chi connectivity index (χ0v) is 42.3. The molecule has 6 aromatic carbocycles. The third-order valence-electron chi connectivity index (χ3n) is 11.4. The van der Waals surface area contributed by atoms with Crippen LogP contribution in [0.5, 0.6) is 0 Å². The van der Waals surface area contributed by atoms with Crippen molar-refractivity contribution in [2.45, 2.75) is 100 Å². The standard InChI is InChI=1S/C38H33N2O.C20H28NSi.Ir/c1-23(2)31-21-27(26-12-7-6-8-13-26)22-32(24(3)4)36(31)40-34-17-10-9-16-33(34)39-38(40)30-15-11-14-29-28-19-18-25(5)20-35(28)41-37(29)30;1-15-8-10-16(11-9-15)18-12-17(13-20(2,3)4)19(14-21-18)22(5,6)7;/h6-14,16-24H,1-5H3;8-10,12,14H,13H2,1-7H3;/q2*-1;/i;1D3,13D2;. The molecule has 9 aromatic rings. The molecular weight excluding hydrogens is 975 g/mol. The molecule has 0 atom stereocenters. The maximum Gasteiger partial charge on any atom is 0.121 e. The summed E-state index contributed by atoms with van der Waals surface area (Å²) in [6, 6.07) is 47.4. The molecule has 3 heterocycles. The summed E-state index contributed by atoms with van der Waals surface area (Å²) in [5.41, 5.74) is 13.7. The van der Waals surface area contributed by atoms with Crippen molar-refractivity contribution in [3.63, 3.8) is 0 Å². The first-order valence-electron chi connectivity index (χ1n) is 24.5. The van der Waals surface area contributed by atoms with E-state index in [1.54, 1.807) is 18.3 Å². The number of pyridine rings is 1. The van der Waals surface area contributed by atoms with Gasteiger partial charge in [0.2, 0.25) is 0 Å². The van der Waals surface area contributed by atoms with Gasteiger partial charge in [-0.05, 0) is 99.6 Å². The Kier molecular flexibility index (Phi) is 11.7. The third-order valence-corrected chi connectivity index (χ3v) is 13.4. The summed E-state index contributed by atoms with van der Waals surface area (Å²) in [7, 11) is -1.81. The Hall–Kier alpha value is -5.39. The fourth-order valence-corrected chi connectivity index (χ4v) is 9.74. The molecule has 6 heteroatoms. The Morgan fingerprint density at radius 1 is 0.781 bits per heavy atom. The zero-order valence-electron chi connectivity index (χ0n) is 43.9. The van der Waals surface area contributed by atoms with E-state index in [1.807, 2.05) is 32.9 Å². The summed E-state index contributed by atoms with van der Waals surface area (Å²) in [6.07, 6.45) is 0.269. The number of aryl methyl sites for hydroxylation is 2. The summed E-state index contributed by atoms with van der Waals surface area (Å²) in [4.78, 5) is 9.81. The van der Waals surface area contributed by atoms with Crippen LogP contribution in [0.4, 0.5) is 0 Å². The van der Waals surface area contributed by atoms with Crippen LogP contribution in [0, 0.1) is 31.3 Å². The summed E-state index contributed by atoms with van der Waals surface area (Å²) in [5.74, 6) is 1.45. The largest absolute Gasteiger partial charge is 0.501 e. The average Bonchev–Trinajstić information content (AvgIpc) is 3.86. The van der Waals surface area contributed by atoms with Gasteiger partial charge >= 0.3 is 0 Å². The van der Waals surface area contributed by atoms with Crippen molar-refractivity contribution >= 4 is 46.2 Å². The minimum atomic E-state index is -2.17. The van der Waals surface area contributed by atoms with E-state index in [9.17, 15) is 0 Å². The molecule has 4 nitrogen and oxygen atoms in total. The van der Waals surface area contributed by atoms with Gasteiger partial charge in [0.1, 0.15) is 5.58 Å². The molecule has 0 aliphatic rings. The Morgan fingerprint density at radius 3 is 2.11 bits per heavy atom. The van der Waals surface area contributed by atoms with Gasteiger partial charge in [0.05, 0.1) is 30.5 Å². The first-order chi connectivity index (χ1) is 32.0. The Balaban J connectivity index is 0.000000220. The van der Waals surface area contributed by atoms with Gasteiger partial charge in [0.25, 0.3) is 0 Å². The van der Waals surface area contributed by atoms with E-state index >= 15 is 0 Å². The van der Waals surface area contributed by atoms with Crippen molar-refractivity contribution in [1.29, 1.82) is 0 Å². The fourth-order valence-electron chi connectivity index (χ4n) is 8.34. The maximum absolute atomic E-state index is 8.79. The topological polar surface area (TPSA) is 43.9 Å². The van der Waals surface area contributed by atoms with Gasteiger partial charge < -0.3 is 14.0 Å². The molecule has 3 aromatic heterocycles. The third kappa shape index (κ3) is 9.66. The van der Waals surface area contributed by atoms with E-state index in [4.69, 9.17) is 16.3 Å². The van der Waals surface area contributed by atoms with Crippen molar-refractivity contribution < 1.29 is 31.4 Å². The number of imidazole rings is 1. The summed E-state index contributed by atoms with van der Waals surface area (Å²) >= 11 is 0. The van der Waals surface area contributed by atoms with Crippen LogP contribution in [0.25, 0.3) is 72.4 Å². The monoisotopic (exact) mass is 1040 g/mol. The van der Waals surface area contributed by atoms with Crippen LogP contribution < -0.4 is 5.19 Å². The van der Waals surface area contributed by atoms with E-state index in [2.05, 4.69) is 167 Å². The van der Waals surface area contributed by atoms with E-state index in [0.29, 0.717) is 28.7 Å². The number of rotatable bonds is 8. The normalized spacial score (nSPS) is 13.5. The number of benzene rings is 6. The van der Waals surface area contributed by atoms with Gasteiger partial charge in [-0.15, -0.1) is 53.6 Å². The average molecular weight is 1040 g/mol. The van der Waals surface area contributed by atoms with Crippen molar-refractivity contribution in [1.82, 2.24) is 14.5 Å². The Bertz CT molecular complexity index is 3260. The number of hydrogen-bond acceptors (Lipinski definition) is 3. The van der Waals surface area contributed by atoms with Gasteiger partial charge in [0, 0.05) is 44.2 Å². The van der Waals surface area contributed by atoms with Gasteiger partial charge in [-0.3, -0.25) is 4.98 Å². The number of aromatic nitrogens is 3. The van der Waals surface area contributed by atoms with Crippen molar-refractivity contribution in [2.24, 2.45) is 5.41 Å². The molecule has 329 valence electrons. The molecule has 0 spiro atoms. The molecule has 0 bridgehead atoms. The second kappa shape index (κ2) is 18.6. The Morgan fingerprint density at radius 2 is 1.47 bits per heavy atom. The quantitative estimate of drug-likeness (QED) is 0.113. The molecule has 1 radical (unpaired) electrons. The SMILES string of the molecule is Cc1ccc2c(c1)oc1c(-c3nc4ccccc4n3-c3c(C(C)C)cc(-c4ccccc4)cc3C(C)C)[c-]ccc12.[2H]C([2H])([2H])c1c[c-]c(-c2cc(C([2H])([2H])C(C)(C)C)c([Si](C)(C)C)cn2)cc1.[Ir]. The van der Waals surface area contributed by atoms with Crippen LogP contribution in [0.2, 0.25) is 19.6 Å². The number of para-hydroxylation sites is 2. The Labute approximate surface area is 402 Å². The first kappa shape index (κ1) is 40.1. The zero-order chi connectivity index (χ0) is 49.1. The molecule has 0 aliphatic heterocycles. The summed E-state index contributed by atoms with van der Waals surface area (Å²) < 4.78 is 48.9. The van der Waals surface area contributed by atoms with Crippen LogP contribution in [0.3, 0.4) is 0 Å². The van der Waals surface area contributed by atoms with Crippen molar-refractivity contribution in [3.05, 3.63) is 167 Å².